The van der Waals surface area contributed by atoms with Gasteiger partial charge in [0.2, 0.25) is 0 Å². The van der Waals surface area contributed by atoms with Gasteiger partial charge < -0.3 is 9.73 Å². The minimum absolute atomic E-state index is 0.397. The van der Waals surface area contributed by atoms with E-state index < -0.39 is 6.17 Å². The van der Waals surface area contributed by atoms with Crippen LogP contribution in [0.2, 0.25) is 0 Å². The highest BCUT2D eigenvalue weighted by Gasteiger charge is 2.25. The molecule has 13 rings (SSSR count). The lowest BCUT2D eigenvalue weighted by molar-refractivity contribution is 0.670. The number of hydrogen-bond donors (Lipinski definition) is 1. The Labute approximate surface area is 360 Å². The molecule has 10 aromatic carbocycles. The quantitative estimate of drug-likeness (QED) is 0.188. The van der Waals surface area contributed by atoms with Gasteiger partial charge in [0.05, 0.1) is 0 Å². The number of nitrogens with zero attached hydrogens (tertiary/aromatic N) is 2. The number of fused-ring (bicyclic) bond motifs is 9. The lowest BCUT2D eigenvalue weighted by Crippen LogP contribution is -2.33. The summed E-state index contributed by atoms with van der Waals surface area (Å²) in [6, 6.07) is 71.6. The molecule has 62 heavy (non-hydrogen) atoms. The Kier molecular flexibility index (Phi) is 7.81. The minimum atomic E-state index is -0.397. The van der Waals surface area contributed by atoms with Crippen molar-refractivity contribution in [3.63, 3.8) is 0 Å². The predicted molar refractivity (Wildman–Crippen MR) is 262 cm³/mol. The molecule has 5 heteroatoms. The van der Waals surface area contributed by atoms with Crippen molar-refractivity contribution in [1.29, 1.82) is 0 Å². The standard InChI is InChI=1S/C57H35N3OS/c1-3-13-36-31-38(23-21-34(36)11-1)41-27-29-47(53-49-18-7-9-19-50(49)61-54(41)53)44-28-30-48(43-16-6-5-15-42(43)44)57-59-55(39-24-22-35-12-2-4-14-37(35)32-39)58-56(60-57)40-25-26-46-45-17-8-10-20-51(45)62-52(46)33-40/h1-33,57H,(H,58,59,60). The van der Waals surface area contributed by atoms with Crippen LogP contribution in [0.5, 0.6) is 0 Å². The van der Waals surface area contributed by atoms with Gasteiger partial charge in [-0.25, -0.2) is 9.98 Å². The van der Waals surface area contributed by atoms with Crippen LogP contribution in [0.3, 0.4) is 0 Å². The maximum Gasteiger partial charge on any atom is 0.159 e. The zero-order valence-electron chi connectivity index (χ0n) is 33.3. The van der Waals surface area contributed by atoms with Gasteiger partial charge in [0, 0.05) is 53.2 Å². The van der Waals surface area contributed by atoms with Crippen molar-refractivity contribution in [2.45, 2.75) is 6.17 Å². The summed E-state index contributed by atoms with van der Waals surface area (Å²) in [4.78, 5) is 10.7. The lowest BCUT2D eigenvalue weighted by atomic mass is 9.89. The summed E-state index contributed by atoms with van der Waals surface area (Å²) >= 11 is 1.82. The smallest absolute Gasteiger partial charge is 0.159 e. The van der Waals surface area contributed by atoms with Crippen LogP contribution in [-0.4, -0.2) is 11.7 Å². The van der Waals surface area contributed by atoms with Crippen LogP contribution in [0.4, 0.5) is 0 Å². The second kappa shape index (κ2) is 13.8. The van der Waals surface area contributed by atoms with Crippen molar-refractivity contribution in [3.05, 3.63) is 217 Å². The highest BCUT2D eigenvalue weighted by atomic mass is 32.1. The number of para-hydroxylation sites is 1. The average molecular weight is 810 g/mol. The fourth-order valence-electron chi connectivity index (χ4n) is 9.52. The Morgan fingerprint density at radius 2 is 1.05 bits per heavy atom. The molecule has 4 nitrogen and oxygen atoms in total. The summed E-state index contributed by atoms with van der Waals surface area (Å²) in [6.45, 7) is 0. The van der Waals surface area contributed by atoms with Crippen LogP contribution >= 0.6 is 11.3 Å². The van der Waals surface area contributed by atoms with Crippen molar-refractivity contribution in [2.24, 2.45) is 9.98 Å². The summed E-state index contributed by atoms with van der Waals surface area (Å²) in [5.41, 5.74) is 9.35. The number of furan rings is 1. The van der Waals surface area contributed by atoms with Crippen molar-refractivity contribution < 1.29 is 4.42 Å². The lowest BCUT2D eigenvalue weighted by Gasteiger charge is -2.25. The molecular formula is C57H35N3OS. The number of hydrogen-bond acceptors (Lipinski definition) is 5. The van der Waals surface area contributed by atoms with Crippen molar-refractivity contribution in [1.82, 2.24) is 5.32 Å². The van der Waals surface area contributed by atoms with E-state index in [0.29, 0.717) is 5.84 Å². The van der Waals surface area contributed by atoms with Crippen molar-refractivity contribution in [2.75, 3.05) is 0 Å². The fourth-order valence-corrected chi connectivity index (χ4v) is 10.7. The van der Waals surface area contributed by atoms with Gasteiger partial charge in [0.25, 0.3) is 0 Å². The van der Waals surface area contributed by atoms with E-state index in [2.05, 4.69) is 199 Å². The first kappa shape index (κ1) is 34.9. The minimum Gasteiger partial charge on any atom is -0.455 e. The second-order valence-electron chi connectivity index (χ2n) is 16.1. The predicted octanol–water partition coefficient (Wildman–Crippen LogP) is 15.2. The number of aliphatic imine (C=N–C) groups is 2. The summed E-state index contributed by atoms with van der Waals surface area (Å²) in [7, 11) is 0. The summed E-state index contributed by atoms with van der Waals surface area (Å²) < 4.78 is 9.30. The van der Waals surface area contributed by atoms with Crippen LogP contribution in [0.1, 0.15) is 22.9 Å². The van der Waals surface area contributed by atoms with E-state index in [1.807, 2.05) is 17.4 Å². The molecule has 1 atom stereocenters. The summed E-state index contributed by atoms with van der Waals surface area (Å²) in [5, 5.41) is 15.6. The molecule has 290 valence electrons. The third kappa shape index (κ3) is 5.59. The molecule has 0 fully saturated rings. The van der Waals surface area contributed by atoms with E-state index in [1.165, 1.54) is 36.3 Å². The van der Waals surface area contributed by atoms with Crippen LogP contribution in [-0.2, 0) is 0 Å². The first-order valence-electron chi connectivity index (χ1n) is 21.0. The molecule has 0 saturated heterocycles. The van der Waals surface area contributed by atoms with E-state index >= 15 is 0 Å². The molecule has 0 aliphatic carbocycles. The van der Waals surface area contributed by atoms with Gasteiger partial charge in [-0.15, -0.1) is 11.3 Å². The monoisotopic (exact) mass is 809 g/mol. The Hall–Kier alpha value is -7.86. The normalized spacial score (nSPS) is 14.3. The number of rotatable bonds is 5. The van der Waals surface area contributed by atoms with Gasteiger partial charge in [0.15, 0.2) is 5.84 Å². The number of nitrogens with one attached hydrogen (secondary N) is 1. The molecule has 1 unspecified atom stereocenters. The topological polar surface area (TPSA) is 49.9 Å². The zero-order valence-corrected chi connectivity index (χ0v) is 34.2. The van der Waals surface area contributed by atoms with Gasteiger partial charge in [0.1, 0.15) is 23.2 Å². The number of thiophene rings is 1. The molecule has 1 aliphatic heterocycles. The molecule has 0 bridgehead atoms. The third-order valence-corrected chi connectivity index (χ3v) is 13.7. The zero-order chi connectivity index (χ0) is 40.7. The van der Waals surface area contributed by atoms with Crippen LogP contribution in [0.15, 0.2) is 215 Å². The highest BCUT2D eigenvalue weighted by molar-refractivity contribution is 7.25. The molecule has 1 N–H and O–H groups in total. The van der Waals surface area contributed by atoms with Gasteiger partial charge in [-0.2, -0.15) is 0 Å². The molecule has 12 aromatic rings. The maximum absolute atomic E-state index is 6.78. The molecule has 3 heterocycles. The van der Waals surface area contributed by atoms with Gasteiger partial charge in [-0.1, -0.05) is 164 Å². The highest BCUT2D eigenvalue weighted by Crippen LogP contribution is 2.45. The van der Waals surface area contributed by atoms with E-state index in [4.69, 9.17) is 14.4 Å². The second-order valence-corrected chi connectivity index (χ2v) is 17.2. The molecule has 0 saturated carbocycles. The van der Waals surface area contributed by atoms with E-state index in [1.54, 1.807) is 0 Å². The molecule has 0 radical (unpaired) electrons. The Balaban J connectivity index is 0.975. The number of amidine groups is 2. The van der Waals surface area contributed by atoms with Crippen LogP contribution in [0, 0.1) is 0 Å². The molecule has 2 aromatic heterocycles. The van der Waals surface area contributed by atoms with Crippen molar-refractivity contribution in [3.8, 4) is 22.3 Å². The van der Waals surface area contributed by atoms with Gasteiger partial charge in [-0.3, -0.25) is 0 Å². The van der Waals surface area contributed by atoms with Gasteiger partial charge in [-0.05, 0) is 85.4 Å². The van der Waals surface area contributed by atoms with Crippen LogP contribution < -0.4 is 5.32 Å². The first-order valence-corrected chi connectivity index (χ1v) is 21.8. The van der Waals surface area contributed by atoms with E-state index in [-0.39, 0.29) is 0 Å². The van der Waals surface area contributed by atoms with Crippen LogP contribution in [0.25, 0.3) is 96.7 Å². The molecule has 0 spiro atoms. The van der Waals surface area contributed by atoms with E-state index in [9.17, 15) is 0 Å². The summed E-state index contributed by atoms with van der Waals surface area (Å²) in [5.74, 6) is 1.51. The first-order chi connectivity index (χ1) is 30.7. The maximum atomic E-state index is 6.78. The Bertz CT molecular complexity index is 3870. The fraction of sp³-hybridized carbons (Fsp3) is 0.0175. The molecule has 1 aliphatic rings. The number of benzene rings is 10. The Morgan fingerprint density at radius 1 is 0.435 bits per heavy atom. The van der Waals surface area contributed by atoms with E-state index in [0.717, 1.165) is 82.9 Å². The average Bonchev–Trinajstić information content (AvgIpc) is 3.92. The summed E-state index contributed by atoms with van der Waals surface area (Å²) in [6.07, 6.45) is -0.397. The molecular weight excluding hydrogens is 775 g/mol. The molecule has 0 amide bonds. The third-order valence-electron chi connectivity index (χ3n) is 12.5. The van der Waals surface area contributed by atoms with Crippen molar-refractivity contribution >= 4 is 97.4 Å². The SMILES string of the molecule is c1ccc2cc(C3=NC(c4ccc(-c5ccc(-c6ccc7ccccc7c6)c6oc7ccccc7c56)c5ccccc45)NC(c4ccc5c(c4)sc4ccccc45)=N3)ccc2c1. The van der Waals surface area contributed by atoms with Gasteiger partial charge >= 0.3 is 0 Å². The Morgan fingerprint density at radius 3 is 1.87 bits per heavy atom. The largest absolute Gasteiger partial charge is 0.455 e.